The maximum absolute atomic E-state index is 12.1. The van der Waals surface area contributed by atoms with Gasteiger partial charge >= 0.3 is 6.03 Å². The minimum absolute atomic E-state index is 0.0671. The Kier molecular flexibility index (Phi) is 5.34. The van der Waals surface area contributed by atoms with E-state index in [1.165, 1.54) is 11.1 Å². The molecule has 1 N–H and O–H groups in total. The summed E-state index contributed by atoms with van der Waals surface area (Å²) in [4.78, 5) is 19.4. The van der Waals surface area contributed by atoms with Crippen LogP contribution in [0.3, 0.4) is 0 Å². The van der Waals surface area contributed by atoms with Crippen molar-refractivity contribution in [3.05, 3.63) is 60.2 Å². The van der Waals surface area contributed by atoms with Crippen LogP contribution in [0.2, 0.25) is 0 Å². The Hall–Kier alpha value is -2.86. The molecule has 0 spiro atoms. The minimum Gasteiger partial charge on any atom is -0.390 e. The van der Waals surface area contributed by atoms with Crippen LogP contribution >= 0.6 is 0 Å². The molecule has 2 aromatic rings. The summed E-state index contributed by atoms with van der Waals surface area (Å²) >= 11 is 0. The van der Waals surface area contributed by atoms with Crippen LogP contribution in [-0.2, 0) is 9.57 Å². The van der Waals surface area contributed by atoms with Crippen molar-refractivity contribution >= 4 is 11.7 Å². The second kappa shape index (κ2) is 8.22. The van der Waals surface area contributed by atoms with Gasteiger partial charge in [-0.25, -0.2) is 4.79 Å². The third kappa shape index (κ3) is 4.28. The summed E-state index contributed by atoms with van der Waals surface area (Å²) < 4.78 is 5.26. The molecule has 2 aromatic carbocycles. The molecule has 2 amide bonds. The van der Waals surface area contributed by atoms with Gasteiger partial charge in [-0.05, 0) is 16.7 Å². The van der Waals surface area contributed by atoms with E-state index < -0.39 is 0 Å². The van der Waals surface area contributed by atoms with Crippen LogP contribution in [0.25, 0.3) is 11.1 Å². The molecular weight excluding hydrogens is 342 g/mol. The highest BCUT2D eigenvalue weighted by Gasteiger charge is 2.24. The molecule has 0 radical (unpaired) electrons. The van der Waals surface area contributed by atoms with Crippen molar-refractivity contribution in [2.45, 2.75) is 12.5 Å². The lowest BCUT2D eigenvalue weighted by Crippen LogP contribution is -2.47. The Morgan fingerprint density at radius 1 is 1.00 bits per heavy atom. The summed E-state index contributed by atoms with van der Waals surface area (Å²) in [5.41, 5.74) is 4.34. The van der Waals surface area contributed by atoms with Crippen LogP contribution in [0, 0.1) is 0 Å². The first-order chi connectivity index (χ1) is 13.3. The number of rotatable bonds is 4. The second-order valence-corrected chi connectivity index (χ2v) is 6.70. The van der Waals surface area contributed by atoms with Crippen LogP contribution in [0.4, 0.5) is 4.79 Å². The molecule has 1 atom stereocenters. The fraction of sp³-hybridized carbons (Fsp3) is 0.333. The van der Waals surface area contributed by atoms with Crippen molar-refractivity contribution in [2.75, 3.05) is 32.8 Å². The van der Waals surface area contributed by atoms with E-state index in [0.29, 0.717) is 39.3 Å². The molecule has 0 saturated carbocycles. The molecule has 0 unspecified atom stereocenters. The molecule has 0 bridgehead atoms. The summed E-state index contributed by atoms with van der Waals surface area (Å²) in [5, 5.41) is 7.14. The predicted octanol–water partition coefficient (Wildman–Crippen LogP) is 2.89. The van der Waals surface area contributed by atoms with E-state index in [2.05, 4.69) is 46.9 Å². The molecule has 140 valence electrons. The second-order valence-electron chi connectivity index (χ2n) is 6.70. The van der Waals surface area contributed by atoms with E-state index >= 15 is 0 Å². The van der Waals surface area contributed by atoms with Crippen molar-refractivity contribution in [2.24, 2.45) is 5.16 Å². The van der Waals surface area contributed by atoms with Gasteiger partial charge < -0.3 is 19.8 Å². The number of oxime groups is 1. The number of hydrogen-bond donors (Lipinski definition) is 1. The summed E-state index contributed by atoms with van der Waals surface area (Å²) in [6.45, 7) is 2.91. The van der Waals surface area contributed by atoms with E-state index in [1.807, 2.05) is 18.2 Å². The lowest BCUT2D eigenvalue weighted by molar-refractivity contribution is 0.0500. The number of urea groups is 1. The van der Waals surface area contributed by atoms with Gasteiger partial charge in [0, 0.05) is 19.5 Å². The highest BCUT2D eigenvalue weighted by atomic mass is 16.6. The third-order valence-corrected chi connectivity index (χ3v) is 4.84. The molecule has 1 saturated heterocycles. The normalized spacial score (nSPS) is 19.3. The van der Waals surface area contributed by atoms with E-state index in [1.54, 1.807) is 4.90 Å². The van der Waals surface area contributed by atoms with E-state index in [4.69, 9.17) is 9.57 Å². The van der Waals surface area contributed by atoms with Crippen molar-refractivity contribution < 1.29 is 14.4 Å². The Morgan fingerprint density at radius 3 is 2.41 bits per heavy atom. The van der Waals surface area contributed by atoms with Gasteiger partial charge in [0.15, 0.2) is 6.10 Å². The van der Waals surface area contributed by atoms with Gasteiger partial charge in [0.1, 0.15) is 0 Å². The van der Waals surface area contributed by atoms with E-state index in [9.17, 15) is 4.79 Å². The van der Waals surface area contributed by atoms with Crippen molar-refractivity contribution in [3.8, 4) is 11.1 Å². The molecular formula is C21H23N3O3. The van der Waals surface area contributed by atoms with Gasteiger partial charge in [-0.3, -0.25) is 0 Å². The molecule has 0 aliphatic carbocycles. The van der Waals surface area contributed by atoms with Crippen LogP contribution < -0.4 is 5.32 Å². The summed E-state index contributed by atoms with van der Waals surface area (Å²) in [7, 11) is 0. The van der Waals surface area contributed by atoms with Gasteiger partial charge in [0.2, 0.25) is 0 Å². The zero-order chi connectivity index (χ0) is 18.5. The highest BCUT2D eigenvalue weighted by Crippen LogP contribution is 2.22. The Balaban J connectivity index is 1.29. The predicted molar refractivity (Wildman–Crippen MR) is 104 cm³/mol. The lowest BCUT2D eigenvalue weighted by Gasteiger charge is -2.27. The Bertz CT molecular complexity index is 799. The number of carbonyl (C=O) groups is 1. The smallest absolute Gasteiger partial charge is 0.317 e. The number of carbonyl (C=O) groups excluding carboxylic acids is 1. The number of nitrogens with zero attached hydrogens (tertiary/aromatic N) is 2. The van der Waals surface area contributed by atoms with Crippen molar-refractivity contribution in [1.82, 2.24) is 10.2 Å². The number of ether oxygens (including phenoxy) is 1. The zero-order valence-electron chi connectivity index (χ0n) is 15.1. The standard InChI is InChI=1S/C21H23N3O3/c25-21(24-10-12-26-13-11-24)22-15-19-14-20(23-27-19)18-8-6-17(7-9-18)16-4-2-1-3-5-16/h1-9,19H,10-15H2,(H,22,25)/t19-/m1/s1. The average molecular weight is 365 g/mol. The lowest BCUT2D eigenvalue weighted by atomic mass is 10.0. The van der Waals surface area contributed by atoms with Crippen LogP contribution in [0.5, 0.6) is 0 Å². The quantitative estimate of drug-likeness (QED) is 0.906. The number of benzene rings is 2. The van der Waals surface area contributed by atoms with Gasteiger partial charge in [-0.2, -0.15) is 0 Å². The average Bonchev–Trinajstić information content (AvgIpc) is 3.22. The van der Waals surface area contributed by atoms with Crippen LogP contribution in [0.1, 0.15) is 12.0 Å². The highest BCUT2D eigenvalue weighted by molar-refractivity contribution is 6.01. The molecule has 4 rings (SSSR count). The van der Waals surface area contributed by atoms with Crippen molar-refractivity contribution in [3.63, 3.8) is 0 Å². The molecule has 0 aromatic heterocycles. The fourth-order valence-corrected chi connectivity index (χ4v) is 3.27. The first kappa shape index (κ1) is 17.5. The van der Waals surface area contributed by atoms with Gasteiger partial charge in [-0.1, -0.05) is 59.8 Å². The third-order valence-electron chi connectivity index (χ3n) is 4.84. The van der Waals surface area contributed by atoms with Gasteiger partial charge in [0.25, 0.3) is 0 Å². The first-order valence-electron chi connectivity index (χ1n) is 9.29. The SMILES string of the molecule is O=C(NC[C@H]1CC(c2ccc(-c3ccccc3)cc2)=NO1)N1CCOCC1. The number of nitrogens with one attached hydrogen (secondary N) is 1. The molecule has 6 heteroatoms. The molecule has 6 nitrogen and oxygen atoms in total. The monoisotopic (exact) mass is 365 g/mol. The zero-order valence-corrected chi connectivity index (χ0v) is 15.1. The molecule has 2 heterocycles. The fourth-order valence-electron chi connectivity index (χ4n) is 3.27. The summed E-state index contributed by atoms with van der Waals surface area (Å²) in [5.74, 6) is 0. The Morgan fingerprint density at radius 2 is 1.67 bits per heavy atom. The largest absolute Gasteiger partial charge is 0.390 e. The molecule has 2 aliphatic heterocycles. The summed E-state index contributed by atoms with van der Waals surface area (Å²) in [6.07, 6.45) is 0.562. The van der Waals surface area contributed by atoms with Crippen molar-refractivity contribution in [1.29, 1.82) is 0 Å². The Labute approximate surface area is 158 Å². The topological polar surface area (TPSA) is 63.2 Å². The maximum Gasteiger partial charge on any atom is 0.317 e. The number of amides is 2. The van der Waals surface area contributed by atoms with Crippen LogP contribution in [-0.4, -0.2) is 55.6 Å². The number of morpholine rings is 1. The molecule has 1 fully saturated rings. The maximum atomic E-state index is 12.1. The first-order valence-corrected chi connectivity index (χ1v) is 9.29. The van der Waals surface area contributed by atoms with E-state index in [-0.39, 0.29) is 12.1 Å². The molecule has 2 aliphatic rings. The van der Waals surface area contributed by atoms with Gasteiger partial charge in [0.05, 0.1) is 25.5 Å². The van der Waals surface area contributed by atoms with Gasteiger partial charge in [-0.15, -0.1) is 0 Å². The summed E-state index contributed by atoms with van der Waals surface area (Å²) in [6, 6.07) is 18.5. The van der Waals surface area contributed by atoms with Crippen LogP contribution in [0.15, 0.2) is 59.8 Å². The molecule has 27 heavy (non-hydrogen) atoms. The number of hydrogen-bond acceptors (Lipinski definition) is 4. The minimum atomic E-state index is -0.126. The van der Waals surface area contributed by atoms with E-state index in [0.717, 1.165) is 11.3 Å².